The molecule has 1 saturated carbocycles. The van der Waals surface area contributed by atoms with E-state index in [9.17, 15) is 4.79 Å². The fourth-order valence-corrected chi connectivity index (χ4v) is 2.72. The summed E-state index contributed by atoms with van der Waals surface area (Å²) in [5, 5.41) is 6.56. The summed E-state index contributed by atoms with van der Waals surface area (Å²) in [5.41, 5.74) is 7.11. The Labute approximate surface area is 146 Å². The molecule has 2 aromatic heterocycles. The molecule has 3 rings (SSSR count). The van der Waals surface area contributed by atoms with Crippen LogP contribution in [0, 0.1) is 0 Å². The van der Waals surface area contributed by atoms with Crippen LogP contribution in [0.2, 0.25) is 0 Å². The molecule has 128 valence electrons. The molecule has 7 nitrogen and oxygen atoms in total. The zero-order valence-corrected chi connectivity index (χ0v) is 14.2. The van der Waals surface area contributed by atoms with Crippen molar-refractivity contribution < 1.29 is 9.32 Å². The lowest BCUT2D eigenvalue weighted by molar-refractivity contribution is 0.0962. The van der Waals surface area contributed by atoms with E-state index in [1.165, 1.54) is 6.20 Å². The minimum atomic E-state index is -0.462. The zero-order chi connectivity index (χ0) is 16.3. The minimum absolute atomic E-state index is 0. The van der Waals surface area contributed by atoms with Gasteiger partial charge in [0.15, 0.2) is 5.82 Å². The van der Waals surface area contributed by atoms with Crippen LogP contribution in [0.25, 0.3) is 12.2 Å². The molecule has 0 unspecified atom stereocenters. The highest BCUT2D eigenvalue weighted by Crippen LogP contribution is 2.34. The number of nitrogens with two attached hydrogens (primary N) is 1. The number of halogens is 1. The van der Waals surface area contributed by atoms with Crippen LogP contribution in [0.5, 0.6) is 0 Å². The van der Waals surface area contributed by atoms with Crippen LogP contribution in [0.4, 0.5) is 0 Å². The fraction of sp³-hybridized carbons (Fsp3) is 0.375. The van der Waals surface area contributed by atoms with Crippen molar-refractivity contribution in [3.63, 3.8) is 0 Å². The van der Waals surface area contributed by atoms with Gasteiger partial charge in [0.05, 0.1) is 11.1 Å². The largest absolute Gasteiger partial charge is 0.355 e. The average molecular weight is 350 g/mol. The fourth-order valence-electron chi connectivity index (χ4n) is 2.72. The van der Waals surface area contributed by atoms with Gasteiger partial charge in [-0.2, -0.15) is 4.98 Å². The molecule has 8 heteroatoms. The molecule has 0 bridgehead atoms. The van der Waals surface area contributed by atoms with Gasteiger partial charge in [0.2, 0.25) is 0 Å². The highest BCUT2D eigenvalue weighted by atomic mass is 35.5. The van der Waals surface area contributed by atoms with Crippen LogP contribution >= 0.6 is 12.4 Å². The maximum atomic E-state index is 11.6. The second-order valence-corrected chi connectivity index (χ2v) is 5.74. The van der Waals surface area contributed by atoms with Gasteiger partial charge in [-0.15, -0.1) is 12.4 Å². The monoisotopic (exact) mass is 349 g/mol. The first-order valence-electron chi connectivity index (χ1n) is 7.59. The van der Waals surface area contributed by atoms with Gasteiger partial charge in [-0.1, -0.05) is 18.0 Å². The van der Waals surface area contributed by atoms with E-state index in [-0.39, 0.29) is 18.3 Å². The average Bonchev–Trinajstić information content (AvgIpc) is 3.22. The lowest BCUT2D eigenvalue weighted by atomic mass is 9.99. The third kappa shape index (κ3) is 3.80. The lowest BCUT2D eigenvalue weighted by Gasteiger charge is -2.17. The molecule has 0 saturated heterocycles. The highest BCUT2D eigenvalue weighted by Gasteiger charge is 2.35. The van der Waals surface area contributed by atoms with Gasteiger partial charge in [0.25, 0.3) is 11.8 Å². The minimum Gasteiger partial charge on any atom is -0.355 e. The van der Waals surface area contributed by atoms with Crippen LogP contribution in [0.15, 0.2) is 23.0 Å². The molecule has 1 aliphatic rings. The number of hydrogen-bond acceptors (Lipinski definition) is 6. The van der Waals surface area contributed by atoms with Gasteiger partial charge < -0.3 is 15.6 Å². The maximum Gasteiger partial charge on any atom is 0.252 e. The number of nitrogens with one attached hydrogen (secondary N) is 1. The summed E-state index contributed by atoms with van der Waals surface area (Å²) in [4.78, 5) is 20.0. The molecule has 24 heavy (non-hydrogen) atoms. The molecule has 1 amide bonds. The molecule has 0 spiro atoms. The van der Waals surface area contributed by atoms with Gasteiger partial charge in [-0.3, -0.25) is 9.78 Å². The van der Waals surface area contributed by atoms with Crippen LogP contribution < -0.4 is 11.1 Å². The van der Waals surface area contributed by atoms with E-state index >= 15 is 0 Å². The first kappa shape index (κ1) is 18.1. The Hall–Kier alpha value is -2.25. The van der Waals surface area contributed by atoms with E-state index in [1.807, 2.05) is 0 Å². The van der Waals surface area contributed by atoms with E-state index in [0.717, 1.165) is 31.2 Å². The summed E-state index contributed by atoms with van der Waals surface area (Å²) in [6, 6.07) is 1.74. The molecule has 1 aliphatic carbocycles. The number of pyridine rings is 1. The molecule has 2 aromatic rings. The van der Waals surface area contributed by atoms with Gasteiger partial charge >= 0.3 is 0 Å². The lowest BCUT2D eigenvalue weighted by Crippen LogP contribution is -2.34. The molecule has 3 N–H and O–H groups in total. The first-order valence-corrected chi connectivity index (χ1v) is 7.59. The second kappa shape index (κ2) is 7.55. The van der Waals surface area contributed by atoms with Crippen molar-refractivity contribution in [3.05, 3.63) is 41.3 Å². The molecule has 0 atom stereocenters. The molecule has 1 fully saturated rings. The third-order valence-electron chi connectivity index (χ3n) is 4.05. The summed E-state index contributed by atoms with van der Waals surface area (Å²) in [7, 11) is 1.58. The van der Waals surface area contributed by atoms with E-state index in [4.69, 9.17) is 10.3 Å². The predicted molar refractivity (Wildman–Crippen MR) is 92.4 cm³/mol. The predicted octanol–water partition coefficient (Wildman–Crippen LogP) is 2.14. The maximum absolute atomic E-state index is 11.6. The third-order valence-corrected chi connectivity index (χ3v) is 4.05. The van der Waals surface area contributed by atoms with E-state index < -0.39 is 5.54 Å². The van der Waals surface area contributed by atoms with E-state index in [0.29, 0.717) is 17.3 Å². The Morgan fingerprint density at radius 1 is 1.33 bits per heavy atom. The van der Waals surface area contributed by atoms with E-state index in [2.05, 4.69) is 20.4 Å². The molecule has 0 aromatic carbocycles. The number of amides is 1. The smallest absolute Gasteiger partial charge is 0.252 e. The Balaban J connectivity index is 0.00000208. The van der Waals surface area contributed by atoms with Crippen LogP contribution in [0.3, 0.4) is 0 Å². The summed E-state index contributed by atoms with van der Waals surface area (Å²) < 4.78 is 5.24. The highest BCUT2D eigenvalue weighted by molar-refractivity contribution is 5.94. The Morgan fingerprint density at radius 3 is 2.79 bits per heavy atom. The summed E-state index contributed by atoms with van der Waals surface area (Å²) in [6.07, 6.45) is 10.6. The Bertz CT molecular complexity index is 738. The molecular weight excluding hydrogens is 330 g/mol. The normalized spacial score (nSPS) is 16.1. The van der Waals surface area contributed by atoms with Crippen molar-refractivity contribution >= 4 is 30.5 Å². The second-order valence-electron chi connectivity index (χ2n) is 5.74. The van der Waals surface area contributed by atoms with Crippen LogP contribution in [-0.2, 0) is 5.54 Å². The number of rotatable bonds is 4. The van der Waals surface area contributed by atoms with Gasteiger partial charge in [-0.05, 0) is 30.5 Å². The van der Waals surface area contributed by atoms with Crippen molar-refractivity contribution in [2.45, 2.75) is 31.2 Å². The van der Waals surface area contributed by atoms with E-state index in [1.54, 1.807) is 31.5 Å². The number of hydrogen-bond donors (Lipinski definition) is 2. The molecule has 0 radical (unpaired) electrons. The standard InChI is InChI=1S/C16H19N5O2.ClH/c1-18-14(22)12-8-11(9-19-10-12)4-5-13-20-15(21-23-13)16(17)6-2-3-7-16;/h4-5,8-10H,2-3,6-7,17H2,1H3,(H,18,22);1H/b5-4+;. The SMILES string of the molecule is CNC(=O)c1cncc(/C=C/c2nc(C3(N)CCCC3)no2)c1.Cl. The zero-order valence-electron chi connectivity index (χ0n) is 13.4. The summed E-state index contributed by atoms with van der Waals surface area (Å²) in [6.45, 7) is 0. The van der Waals surface area contributed by atoms with Crippen LogP contribution in [0.1, 0.15) is 53.3 Å². The van der Waals surface area contributed by atoms with Gasteiger partial charge in [0, 0.05) is 25.5 Å². The number of carbonyl (C=O) groups is 1. The first-order chi connectivity index (χ1) is 11.1. The Kier molecular flexibility index (Phi) is 5.69. The summed E-state index contributed by atoms with van der Waals surface area (Å²) in [5.74, 6) is 0.771. The number of nitrogens with zero attached hydrogens (tertiary/aromatic N) is 3. The molecule has 2 heterocycles. The topological polar surface area (TPSA) is 107 Å². The quantitative estimate of drug-likeness (QED) is 0.875. The van der Waals surface area contributed by atoms with Crippen molar-refractivity contribution in [1.82, 2.24) is 20.4 Å². The van der Waals surface area contributed by atoms with Crippen molar-refractivity contribution in [1.29, 1.82) is 0 Å². The molecule has 0 aliphatic heterocycles. The summed E-state index contributed by atoms with van der Waals surface area (Å²) >= 11 is 0. The van der Waals surface area contributed by atoms with Crippen molar-refractivity contribution in [3.8, 4) is 0 Å². The van der Waals surface area contributed by atoms with Crippen molar-refractivity contribution in [2.75, 3.05) is 7.05 Å². The Morgan fingerprint density at radius 2 is 2.08 bits per heavy atom. The molecular formula is C16H20ClN5O2. The van der Waals surface area contributed by atoms with Crippen LogP contribution in [-0.4, -0.2) is 28.1 Å². The van der Waals surface area contributed by atoms with Gasteiger partial charge in [-0.25, -0.2) is 0 Å². The van der Waals surface area contributed by atoms with Crippen molar-refractivity contribution in [2.24, 2.45) is 5.73 Å². The van der Waals surface area contributed by atoms with Gasteiger partial charge in [0.1, 0.15) is 0 Å². The number of carbonyl (C=O) groups excluding carboxylic acids is 1. The number of aromatic nitrogens is 3.